The maximum absolute atomic E-state index is 12.1. The lowest BCUT2D eigenvalue weighted by molar-refractivity contribution is -0.117. The standard InChI is InChI=1S/C20H23N3O2/c1-13(2)22-20(24)17(12-21)11-16-10-14(3)23(15(16)4)18-6-8-19(25-5)9-7-18/h6-11,13H,1-5H3,(H,22,24). The van der Waals surface area contributed by atoms with Crippen LogP contribution in [0.5, 0.6) is 5.75 Å². The Bertz CT molecular complexity index is 837. The minimum absolute atomic E-state index is 0.0176. The van der Waals surface area contributed by atoms with Crippen LogP contribution in [0.25, 0.3) is 11.8 Å². The maximum Gasteiger partial charge on any atom is 0.262 e. The molecule has 0 aliphatic heterocycles. The maximum atomic E-state index is 12.1. The van der Waals surface area contributed by atoms with Gasteiger partial charge >= 0.3 is 0 Å². The molecule has 1 aromatic carbocycles. The Hall–Kier alpha value is -3.00. The van der Waals surface area contributed by atoms with E-state index < -0.39 is 0 Å². The van der Waals surface area contributed by atoms with Crippen LogP contribution >= 0.6 is 0 Å². The minimum atomic E-state index is -0.355. The van der Waals surface area contributed by atoms with Gasteiger partial charge in [-0.1, -0.05) is 0 Å². The number of hydrogen-bond donors (Lipinski definition) is 1. The average Bonchev–Trinajstić information content (AvgIpc) is 2.85. The molecule has 0 aliphatic carbocycles. The van der Waals surface area contributed by atoms with Crippen molar-refractivity contribution in [2.75, 3.05) is 7.11 Å². The first-order valence-corrected chi connectivity index (χ1v) is 8.13. The number of carbonyl (C=O) groups excluding carboxylic acids is 1. The van der Waals surface area contributed by atoms with Gasteiger partial charge in [0.15, 0.2) is 0 Å². The fourth-order valence-electron chi connectivity index (χ4n) is 2.71. The van der Waals surface area contributed by atoms with Crippen molar-refractivity contribution in [2.24, 2.45) is 0 Å². The van der Waals surface area contributed by atoms with E-state index in [1.54, 1.807) is 13.2 Å². The van der Waals surface area contributed by atoms with E-state index in [0.29, 0.717) is 0 Å². The van der Waals surface area contributed by atoms with Gasteiger partial charge in [-0.15, -0.1) is 0 Å². The highest BCUT2D eigenvalue weighted by molar-refractivity contribution is 6.02. The van der Waals surface area contributed by atoms with Gasteiger partial charge in [-0.3, -0.25) is 4.79 Å². The molecule has 0 aliphatic rings. The van der Waals surface area contributed by atoms with E-state index in [-0.39, 0.29) is 17.5 Å². The number of aryl methyl sites for hydroxylation is 1. The normalized spacial score (nSPS) is 11.3. The van der Waals surface area contributed by atoms with E-state index >= 15 is 0 Å². The number of methoxy groups -OCH3 is 1. The number of nitrogens with one attached hydrogen (secondary N) is 1. The first-order valence-electron chi connectivity index (χ1n) is 8.13. The van der Waals surface area contributed by atoms with Gasteiger partial charge in [-0.2, -0.15) is 5.26 Å². The van der Waals surface area contributed by atoms with Crippen LogP contribution in [0.2, 0.25) is 0 Å². The second-order valence-corrected chi connectivity index (χ2v) is 6.16. The lowest BCUT2D eigenvalue weighted by Gasteiger charge is -2.10. The lowest BCUT2D eigenvalue weighted by atomic mass is 10.1. The molecule has 0 bridgehead atoms. The average molecular weight is 337 g/mol. The van der Waals surface area contributed by atoms with Gasteiger partial charge in [0.25, 0.3) is 5.91 Å². The Morgan fingerprint density at radius 2 is 1.92 bits per heavy atom. The molecule has 130 valence electrons. The first-order chi connectivity index (χ1) is 11.9. The summed E-state index contributed by atoms with van der Waals surface area (Å²) in [4.78, 5) is 12.1. The predicted molar refractivity (Wildman–Crippen MR) is 98.7 cm³/mol. The third-order valence-electron chi connectivity index (χ3n) is 3.89. The third kappa shape index (κ3) is 4.10. The molecule has 5 heteroatoms. The quantitative estimate of drug-likeness (QED) is 0.670. The molecule has 0 radical (unpaired) electrons. The van der Waals surface area contributed by atoms with Crippen LogP contribution in [0.1, 0.15) is 30.8 Å². The van der Waals surface area contributed by atoms with Crippen molar-refractivity contribution in [2.45, 2.75) is 33.7 Å². The summed E-state index contributed by atoms with van der Waals surface area (Å²) >= 11 is 0. The number of aromatic nitrogens is 1. The van der Waals surface area contributed by atoms with Gasteiger partial charge in [0.05, 0.1) is 7.11 Å². The number of rotatable bonds is 5. The SMILES string of the molecule is COc1ccc(-n2c(C)cc(C=C(C#N)C(=O)NC(C)C)c2C)cc1. The highest BCUT2D eigenvalue weighted by Crippen LogP contribution is 2.24. The zero-order chi connectivity index (χ0) is 18.6. The molecule has 0 atom stereocenters. The number of benzene rings is 1. The molecule has 1 N–H and O–H groups in total. The summed E-state index contributed by atoms with van der Waals surface area (Å²) in [6.07, 6.45) is 1.64. The molecule has 0 saturated carbocycles. The van der Waals surface area contributed by atoms with Crippen molar-refractivity contribution < 1.29 is 9.53 Å². The topological polar surface area (TPSA) is 67.0 Å². The largest absolute Gasteiger partial charge is 0.497 e. The Morgan fingerprint density at radius 3 is 2.44 bits per heavy atom. The van der Waals surface area contributed by atoms with Crippen LogP contribution < -0.4 is 10.1 Å². The Balaban J connectivity index is 2.43. The van der Waals surface area contributed by atoms with Gasteiger partial charge < -0.3 is 14.6 Å². The number of amides is 1. The van der Waals surface area contributed by atoms with E-state index in [1.807, 2.05) is 64.1 Å². The summed E-state index contributed by atoms with van der Waals surface area (Å²) < 4.78 is 7.28. The van der Waals surface area contributed by atoms with Gasteiger partial charge in [-0.25, -0.2) is 0 Å². The molecule has 0 fully saturated rings. The summed E-state index contributed by atoms with van der Waals surface area (Å²) in [5, 5.41) is 12.1. The molecule has 1 amide bonds. The van der Waals surface area contributed by atoms with Crippen LogP contribution in [-0.2, 0) is 4.79 Å². The monoisotopic (exact) mass is 337 g/mol. The van der Waals surface area contributed by atoms with Gasteiger partial charge in [-0.05, 0) is 69.7 Å². The van der Waals surface area contributed by atoms with Gasteiger partial charge in [0.1, 0.15) is 17.4 Å². The summed E-state index contributed by atoms with van der Waals surface area (Å²) in [6, 6.07) is 11.7. The van der Waals surface area contributed by atoms with Gasteiger partial charge in [0.2, 0.25) is 0 Å². The van der Waals surface area contributed by atoms with Crippen molar-refractivity contribution in [1.29, 1.82) is 5.26 Å². The zero-order valence-corrected chi connectivity index (χ0v) is 15.3. The molecule has 2 rings (SSSR count). The Kier molecular flexibility index (Phi) is 5.66. The number of ether oxygens (including phenoxy) is 1. The summed E-state index contributed by atoms with van der Waals surface area (Å²) in [7, 11) is 1.63. The predicted octanol–water partition coefficient (Wildman–Crippen LogP) is 3.53. The van der Waals surface area contributed by atoms with E-state index in [0.717, 1.165) is 28.4 Å². The number of nitrogens with zero attached hydrogens (tertiary/aromatic N) is 2. The van der Waals surface area contributed by atoms with Crippen molar-refractivity contribution in [3.8, 4) is 17.5 Å². The molecule has 25 heavy (non-hydrogen) atoms. The van der Waals surface area contributed by atoms with Gasteiger partial charge in [0, 0.05) is 23.1 Å². The summed E-state index contributed by atoms with van der Waals surface area (Å²) in [6.45, 7) is 7.69. The fourth-order valence-corrected chi connectivity index (χ4v) is 2.71. The minimum Gasteiger partial charge on any atom is -0.497 e. The van der Waals surface area contributed by atoms with E-state index in [2.05, 4.69) is 9.88 Å². The zero-order valence-electron chi connectivity index (χ0n) is 15.3. The molecule has 2 aromatic rings. The van der Waals surface area contributed by atoms with Crippen LogP contribution in [0.15, 0.2) is 35.9 Å². The number of nitriles is 1. The molecule has 1 heterocycles. The van der Waals surface area contributed by atoms with Crippen LogP contribution in [0.4, 0.5) is 0 Å². The van der Waals surface area contributed by atoms with Crippen LogP contribution in [0, 0.1) is 25.2 Å². The van der Waals surface area contributed by atoms with E-state index in [4.69, 9.17) is 4.74 Å². The Labute approximate surface area is 148 Å². The molecule has 5 nitrogen and oxygen atoms in total. The molecule has 1 aromatic heterocycles. The highest BCUT2D eigenvalue weighted by atomic mass is 16.5. The van der Waals surface area contributed by atoms with Crippen LogP contribution in [-0.4, -0.2) is 23.6 Å². The molecular weight excluding hydrogens is 314 g/mol. The summed E-state index contributed by atoms with van der Waals surface area (Å²) in [5.74, 6) is 0.440. The summed E-state index contributed by atoms with van der Waals surface area (Å²) in [5.41, 5.74) is 3.94. The smallest absolute Gasteiger partial charge is 0.262 e. The number of carbonyl (C=O) groups is 1. The first kappa shape index (κ1) is 18.3. The lowest BCUT2D eigenvalue weighted by Crippen LogP contribution is -2.30. The fraction of sp³-hybridized carbons (Fsp3) is 0.300. The Morgan fingerprint density at radius 1 is 1.28 bits per heavy atom. The second kappa shape index (κ2) is 7.71. The van der Waals surface area contributed by atoms with E-state index in [1.165, 1.54) is 0 Å². The molecule has 0 unspecified atom stereocenters. The third-order valence-corrected chi connectivity index (χ3v) is 3.89. The highest BCUT2D eigenvalue weighted by Gasteiger charge is 2.14. The van der Waals surface area contributed by atoms with E-state index in [9.17, 15) is 10.1 Å². The van der Waals surface area contributed by atoms with Crippen LogP contribution in [0.3, 0.4) is 0 Å². The van der Waals surface area contributed by atoms with Crippen molar-refractivity contribution >= 4 is 12.0 Å². The molecule has 0 saturated heterocycles. The van der Waals surface area contributed by atoms with Crippen molar-refractivity contribution in [3.63, 3.8) is 0 Å². The molecule has 0 spiro atoms. The molecular formula is C20H23N3O2. The number of hydrogen-bond acceptors (Lipinski definition) is 3. The second-order valence-electron chi connectivity index (χ2n) is 6.16. The van der Waals surface area contributed by atoms with Crippen molar-refractivity contribution in [1.82, 2.24) is 9.88 Å². The van der Waals surface area contributed by atoms with Crippen molar-refractivity contribution in [3.05, 3.63) is 52.9 Å².